The molecule has 0 aliphatic carbocycles. The third-order valence-electron chi connectivity index (χ3n) is 2.52. The predicted molar refractivity (Wildman–Crippen MR) is 70.7 cm³/mol. The van der Waals surface area contributed by atoms with Gasteiger partial charge < -0.3 is 10.1 Å². The maximum atomic E-state index is 11.3. The SMILES string of the molecule is C=CCOC(=O)CNC(C)c1ccc([N+](=O)[O-])cc1. The summed E-state index contributed by atoms with van der Waals surface area (Å²) in [5, 5.41) is 13.5. The average molecular weight is 264 g/mol. The topological polar surface area (TPSA) is 81.5 Å². The fourth-order valence-corrected chi connectivity index (χ4v) is 1.44. The molecule has 0 bridgehead atoms. The van der Waals surface area contributed by atoms with Crippen LogP contribution in [0, 0.1) is 10.1 Å². The van der Waals surface area contributed by atoms with Crippen LogP contribution in [0.4, 0.5) is 5.69 Å². The van der Waals surface area contributed by atoms with Crippen LogP contribution in [0.1, 0.15) is 18.5 Å². The molecule has 0 heterocycles. The maximum absolute atomic E-state index is 11.3. The molecule has 0 saturated heterocycles. The summed E-state index contributed by atoms with van der Waals surface area (Å²) < 4.78 is 4.82. The Kier molecular flexibility index (Phi) is 5.69. The lowest BCUT2D eigenvalue weighted by Gasteiger charge is -2.13. The predicted octanol–water partition coefficient (Wildman–Crippen LogP) is 1.97. The molecule has 1 unspecified atom stereocenters. The molecule has 1 atom stereocenters. The zero-order valence-electron chi connectivity index (χ0n) is 10.7. The largest absolute Gasteiger partial charge is 0.461 e. The molecular formula is C13H16N2O4. The van der Waals surface area contributed by atoms with E-state index in [1.54, 1.807) is 12.1 Å². The number of nitro benzene ring substituents is 1. The van der Waals surface area contributed by atoms with E-state index in [1.165, 1.54) is 18.2 Å². The van der Waals surface area contributed by atoms with Crippen molar-refractivity contribution in [2.75, 3.05) is 13.2 Å². The van der Waals surface area contributed by atoms with E-state index >= 15 is 0 Å². The highest BCUT2D eigenvalue weighted by molar-refractivity contribution is 5.71. The number of carbonyl (C=O) groups excluding carboxylic acids is 1. The summed E-state index contributed by atoms with van der Waals surface area (Å²) in [6.07, 6.45) is 1.50. The van der Waals surface area contributed by atoms with Crippen LogP contribution in [0.25, 0.3) is 0 Å². The van der Waals surface area contributed by atoms with Gasteiger partial charge in [0, 0.05) is 18.2 Å². The van der Waals surface area contributed by atoms with Crippen LogP contribution >= 0.6 is 0 Å². The van der Waals surface area contributed by atoms with Gasteiger partial charge in [0.25, 0.3) is 5.69 Å². The normalized spacial score (nSPS) is 11.6. The van der Waals surface area contributed by atoms with Gasteiger partial charge in [-0.05, 0) is 12.5 Å². The second kappa shape index (κ2) is 7.27. The zero-order valence-corrected chi connectivity index (χ0v) is 10.7. The van der Waals surface area contributed by atoms with Crippen molar-refractivity contribution >= 4 is 11.7 Å². The van der Waals surface area contributed by atoms with Gasteiger partial charge in [-0.3, -0.25) is 14.9 Å². The quantitative estimate of drug-likeness (QED) is 0.352. The summed E-state index contributed by atoms with van der Waals surface area (Å²) in [5.74, 6) is -0.367. The van der Waals surface area contributed by atoms with Crippen molar-refractivity contribution in [2.45, 2.75) is 13.0 Å². The third-order valence-corrected chi connectivity index (χ3v) is 2.52. The van der Waals surface area contributed by atoms with Crippen molar-refractivity contribution in [3.63, 3.8) is 0 Å². The molecule has 0 aliphatic rings. The second-order valence-electron chi connectivity index (χ2n) is 3.92. The molecule has 0 fully saturated rings. The van der Waals surface area contributed by atoms with Gasteiger partial charge in [-0.2, -0.15) is 0 Å². The second-order valence-corrected chi connectivity index (χ2v) is 3.92. The molecule has 19 heavy (non-hydrogen) atoms. The number of ether oxygens (including phenoxy) is 1. The van der Waals surface area contributed by atoms with Gasteiger partial charge in [0.05, 0.1) is 11.5 Å². The Hall–Kier alpha value is -2.21. The molecule has 1 aromatic rings. The summed E-state index contributed by atoms with van der Waals surface area (Å²) in [7, 11) is 0. The number of hydrogen-bond acceptors (Lipinski definition) is 5. The van der Waals surface area contributed by atoms with E-state index in [4.69, 9.17) is 4.74 Å². The Labute approximate surface area is 111 Å². The Morgan fingerprint density at radius 1 is 1.53 bits per heavy atom. The van der Waals surface area contributed by atoms with Gasteiger partial charge in [0.15, 0.2) is 0 Å². The Morgan fingerprint density at radius 3 is 2.68 bits per heavy atom. The van der Waals surface area contributed by atoms with Crippen LogP contribution < -0.4 is 5.32 Å². The maximum Gasteiger partial charge on any atom is 0.320 e. The summed E-state index contributed by atoms with van der Waals surface area (Å²) in [6, 6.07) is 6.08. The lowest BCUT2D eigenvalue weighted by molar-refractivity contribution is -0.384. The molecule has 0 saturated carbocycles. The number of benzene rings is 1. The molecule has 0 aliphatic heterocycles. The van der Waals surface area contributed by atoms with Crippen LogP contribution in [0.5, 0.6) is 0 Å². The van der Waals surface area contributed by atoms with Crippen LogP contribution in [0.2, 0.25) is 0 Å². The van der Waals surface area contributed by atoms with Crippen molar-refractivity contribution in [1.82, 2.24) is 5.32 Å². The first-order chi connectivity index (χ1) is 9.04. The van der Waals surface area contributed by atoms with Crippen LogP contribution in [0.15, 0.2) is 36.9 Å². The number of nitro groups is 1. The Morgan fingerprint density at radius 2 is 2.16 bits per heavy atom. The monoisotopic (exact) mass is 264 g/mol. The number of carbonyl (C=O) groups is 1. The van der Waals surface area contributed by atoms with E-state index in [9.17, 15) is 14.9 Å². The molecule has 1 N–H and O–H groups in total. The minimum absolute atomic E-state index is 0.0429. The van der Waals surface area contributed by atoms with Crippen molar-refractivity contribution in [3.8, 4) is 0 Å². The van der Waals surface area contributed by atoms with E-state index < -0.39 is 4.92 Å². The lowest BCUT2D eigenvalue weighted by Crippen LogP contribution is -2.27. The smallest absolute Gasteiger partial charge is 0.320 e. The molecule has 1 aromatic carbocycles. The molecule has 0 aromatic heterocycles. The fourth-order valence-electron chi connectivity index (χ4n) is 1.44. The van der Waals surface area contributed by atoms with Crippen LogP contribution in [-0.4, -0.2) is 24.0 Å². The summed E-state index contributed by atoms with van der Waals surface area (Å²) in [5.41, 5.74) is 0.906. The fraction of sp³-hybridized carbons (Fsp3) is 0.308. The molecule has 0 spiro atoms. The van der Waals surface area contributed by atoms with E-state index in [-0.39, 0.29) is 30.9 Å². The number of nitrogens with zero attached hydrogens (tertiary/aromatic N) is 1. The van der Waals surface area contributed by atoms with Gasteiger partial charge in [0.1, 0.15) is 6.61 Å². The minimum Gasteiger partial charge on any atom is -0.461 e. The first kappa shape index (κ1) is 14.8. The summed E-state index contributed by atoms with van der Waals surface area (Å²) in [6.45, 7) is 5.57. The summed E-state index contributed by atoms with van der Waals surface area (Å²) >= 11 is 0. The first-order valence-corrected chi connectivity index (χ1v) is 5.79. The van der Waals surface area contributed by atoms with Crippen molar-refractivity contribution in [1.29, 1.82) is 0 Å². The van der Waals surface area contributed by atoms with Crippen molar-refractivity contribution < 1.29 is 14.5 Å². The molecule has 6 nitrogen and oxygen atoms in total. The van der Waals surface area contributed by atoms with Crippen molar-refractivity contribution in [3.05, 3.63) is 52.6 Å². The highest BCUT2D eigenvalue weighted by Gasteiger charge is 2.10. The number of hydrogen-bond donors (Lipinski definition) is 1. The van der Waals surface area contributed by atoms with Gasteiger partial charge in [-0.1, -0.05) is 24.8 Å². The standard InChI is InChI=1S/C13H16N2O4/c1-3-8-19-13(16)9-14-10(2)11-4-6-12(7-5-11)15(17)18/h3-7,10,14H,1,8-9H2,2H3. The highest BCUT2D eigenvalue weighted by atomic mass is 16.6. The molecule has 0 amide bonds. The molecule has 0 radical (unpaired) electrons. The Bertz CT molecular complexity index is 456. The number of nitrogens with one attached hydrogen (secondary N) is 1. The van der Waals surface area contributed by atoms with E-state index in [0.717, 1.165) is 5.56 Å². The van der Waals surface area contributed by atoms with Crippen LogP contribution in [-0.2, 0) is 9.53 Å². The first-order valence-electron chi connectivity index (χ1n) is 5.79. The van der Waals surface area contributed by atoms with E-state index in [1.807, 2.05) is 6.92 Å². The number of rotatable bonds is 7. The third kappa shape index (κ3) is 4.89. The lowest BCUT2D eigenvalue weighted by atomic mass is 10.1. The van der Waals surface area contributed by atoms with Gasteiger partial charge in [0.2, 0.25) is 0 Å². The highest BCUT2D eigenvalue weighted by Crippen LogP contribution is 2.17. The molecule has 102 valence electrons. The Balaban J connectivity index is 2.49. The molecule has 6 heteroatoms. The van der Waals surface area contributed by atoms with E-state index in [2.05, 4.69) is 11.9 Å². The molecular weight excluding hydrogens is 248 g/mol. The average Bonchev–Trinajstić information content (AvgIpc) is 2.42. The van der Waals surface area contributed by atoms with Crippen LogP contribution in [0.3, 0.4) is 0 Å². The van der Waals surface area contributed by atoms with Gasteiger partial charge >= 0.3 is 5.97 Å². The van der Waals surface area contributed by atoms with Gasteiger partial charge in [-0.25, -0.2) is 0 Å². The van der Waals surface area contributed by atoms with Crippen molar-refractivity contribution in [2.24, 2.45) is 0 Å². The summed E-state index contributed by atoms with van der Waals surface area (Å²) in [4.78, 5) is 21.3. The zero-order chi connectivity index (χ0) is 14.3. The number of esters is 1. The molecule has 1 rings (SSSR count). The minimum atomic E-state index is -0.450. The van der Waals surface area contributed by atoms with E-state index in [0.29, 0.717) is 0 Å². The van der Waals surface area contributed by atoms with Gasteiger partial charge in [-0.15, -0.1) is 0 Å². The number of non-ortho nitro benzene ring substituents is 1.